The molecule has 0 atom stereocenters. The Labute approximate surface area is 170 Å². The summed E-state index contributed by atoms with van der Waals surface area (Å²) >= 11 is 0. The van der Waals surface area contributed by atoms with Crippen molar-refractivity contribution in [3.8, 4) is 0 Å². The van der Waals surface area contributed by atoms with E-state index >= 15 is 0 Å². The molecule has 5 aromatic rings. The maximum atomic E-state index is 5.07. The summed E-state index contributed by atoms with van der Waals surface area (Å²) in [5.74, 6) is 0. The molecule has 0 unspecified atom stereocenters. The summed E-state index contributed by atoms with van der Waals surface area (Å²) in [6.45, 7) is 2.10. The fourth-order valence-electron chi connectivity index (χ4n) is 4.27. The lowest BCUT2D eigenvalue weighted by molar-refractivity contribution is 0.453. The summed E-state index contributed by atoms with van der Waals surface area (Å²) in [7, 11) is 0. The standard InChI is InChI=1S/C26H21N3/c1-20-25-24(18-11-19-27-25)28-29(20)26(21-12-5-2-6-13-21,22-14-7-3-8-15-22)23-16-9-4-10-17-23/h2-19H,1H3. The molecule has 0 N–H and O–H groups in total. The molecule has 0 radical (unpaired) electrons. The van der Waals surface area contributed by atoms with Crippen molar-refractivity contribution in [2.75, 3.05) is 0 Å². The van der Waals surface area contributed by atoms with E-state index in [4.69, 9.17) is 5.10 Å². The Kier molecular flexibility index (Phi) is 4.21. The van der Waals surface area contributed by atoms with Crippen LogP contribution in [-0.2, 0) is 5.54 Å². The number of benzene rings is 3. The van der Waals surface area contributed by atoms with Gasteiger partial charge >= 0.3 is 0 Å². The molecule has 0 fully saturated rings. The highest BCUT2D eigenvalue weighted by atomic mass is 15.3. The van der Waals surface area contributed by atoms with Gasteiger partial charge in [0.1, 0.15) is 16.6 Å². The molecule has 0 saturated carbocycles. The second kappa shape index (κ2) is 7.02. The van der Waals surface area contributed by atoms with Crippen molar-refractivity contribution >= 4 is 11.0 Å². The summed E-state index contributed by atoms with van der Waals surface area (Å²) < 4.78 is 2.14. The molecule has 3 nitrogen and oxygen atoms in total. The molecule has 0 bridgehead atoms. The number of rotatable bonds is 4. The second-order valence-electron chi connectivity index (χ2n) is 7.18. The van der Waals surface area contributed by atoms with Gasteiger partial charge in [-0.3, -0.25) is 4.98 Å². The lowest BCUT2D eigenvalue weighted by atomic mass is 9.77. The second-order valence-corrected chi connectivity index (χ2v) is 7.18. The quantitative estimate of drug-likeness (QED) is 0.384. The molecule has 2 aromatic heterocycles. The van der Waals surface area contributed by atoms with Crippen molar-refractivity contribution in [3.63, 3.8) is 0 Å². The average molecular weight is 375 g/mol. The van der Waals surface area contributed by atoms with Crippen molar-refractivity contribution in [1.82, 2.24) is 14.8 Å². The van der Waals surface area contributed by atoms with E-state index in [0.29, 0.717) is 0 Å². The van der Waals surface area contributed by atoms with Crippen LogP contribution in [0.15, 0.2) is 109 Å². The van der Waals surface area contributed by atoms with Crippen LogP contribution in [-0.4, -0.2) is 14.8 Å². The highest BCUT2D eigenvalue weighted by Gasteiger charge is 2.40. The van der Waals surface area contributed by atoms with E-state index in [0.717, 1.165) is 33.4 Å². The fourth-order valence-corrected chi connectivity index (χ4v) is 4.27. The molecular weight excluding hydrogens is 354 g/mol. The van der Waals surface area contributed by atoms with Gasteiger partial charge in [-0.2, -0.15) is 5.10 Å². The van der Waals surface area contributed by atoms with Crippen molar-refractivity contribution in [2.45, 2.75) is 12.5 Å². The van der Waals surface area contributed by atoms with Crippen LogP contribution in [0, 0.1) is 6.92 Å². The van der Waals surface area contributed by atoms with E-state index in [9.17, 15) is 0 Å². The van der Waals surface area contributed by atoms with Crippen LogP contribution in [0.5, 0.6) is 0 Å². The van der Waals surface area contributed by atoms with E-state index in [1.165, 1.54) is 0 Å². The lowest BCUT2D eigenvalue weighted by Crippen LogP contribution is -2.39. The maximum absolute atomic E-state index is 5.07. The van der Waals surface area contributed by atoms with Gasteiger partial charge in [0.25, 0.3) is 0 Å². The number of hydrogen-bond acceptors (Lipinski definition) is 2. The summed E-state index contributed by atoms with van der Waals surface area (Å²) in [6, 6.07) is 35.7. The molecule has 29 heavy (non-hydrogen) atoms. The number of fused-ring (bicyclic) bond motifs is 1. The van der Waals surface area contributed by atoms with Gasteiger partial charge in [0.05, 0.1) is 5.69 Å². The third-order valence-electron chi connectivity index (χ3n) is 5.55. The van der Waals surface area contributed by atoms with Crippen molar-refractivity contribution < 1.29 is 0 Å². The molecule has 3 aromatic carbocycles. The predicted molar refractivity (Wildman–Crippen MR) is 117 cm³/mol. The van der Waals surface area contributed by atoms with Gasteiger partial charge in [0, 0.05) is 6.20 Å². The SMILES string of the molecule is Cc1c2ncccc2nn1C(c1ccccc1)(c1ccccc1)c1ccccc1. The highest BCUT2D eigenvalue weighted by Crippen LogP contribution is 2.41. The van der Waals surface area contributed by atoms with E-state index in [1.54, 1.807) is 0 Å². The van der Waals surface area contributed by atoms with Crippen LogP contribution >= 0.6 is 0 Å². The Balaban J connectivity index is 1.97. The Morgan fingerprint density at radius 1 is 0.621 bits per heavy atom. The molecule has 0 aliphatic carbocycles. The highest BCUT2D eigenvalue weighted by molar-refractivity contribution is 5.77. The zero-order valence-corrected chi connectivity index (χ0v) is 16.2. The molecule has 0 spiro atoms. The third-order valence-corrected chi connectivity index (χ3v) is 5.55. The van der Waals surface area contributed by atoms with Crippen molar-refractivity contribution in [1.29, 1.82) is 0 Å². The van der Waals surface area contributed by atoms with Gasteiger partial charge in [-0.05, 0) is 35.7 Å². The summed E-state index contributed by atoms with van der Waals surface area (Å²) in [6.07, 6.45) is 1.83. The molecule has 5 rings (SSSR count). The number of nitrogens with zero attached hydrogens (tertiary/aromatic N) is 3. The smallest absolute Gasteiger partial charge is 0.138 e. The molecule has 0 saturated heterocycles. The fraction of sp³-hybridized carbons (Fsp3) is 0.0769. The first-order valence-corrected chi connectivity index (χ1v) is 9.79. The van der Waals surface area contributed by atoms with Crippen LogP contribution in [0.1, 0.15) is 22.4 Å². The van der Waals surface area contributed by atoms with E-state index in [1.807, 2.05) is 18.3 Å². The van der Waals surface area contributed by atoms with Crippen molar-refractivity contribution in [2.24, 2.45) is 0 Å². The number of aromatic nitrogens is 3. The number of pyridine rings is 1. The first kappa shape index (κ1) is 17.4. The third kappa shape index (κ3) is 2.66. The van der Waals surface area contributed by atoms with Crippen LogP contribution in [0.3, 0.4) is 0 Å². The van der Waals surface area contributed by atoms with E-state index < -0.39 is 5.54 Å². The topological polar surface area (TPSA) is 30.7 Å². The zero-order valence-electron chi connectivity index (χ0n) is 16.2. The van der Waals surface area contributed by atoms with E-state index in [-0.39, 0.29) is 0 Å². The normalized spacial score (nSPS) is 11.6. The zero-order chi connectivity index (χ0) is 19.7. The van der Waals surface area contributed by atoms with Gasteiger partial charge in [-0.15, -0.1) is 0 Å². The van der Waals surface area contributed by atoms with Gasteiger partial charge in [0.15, 0.2) is 0 Å². The molecule has 0 aliphatic heterocycles. The molecule has 0 amide bonds. The minimum absolute atomic E-state index is 0.603. The van der Waals surface area contributed by atoms with Crippen LogP contribution in [0.25, 0.3) is 11.0 Å². The summed E-state index contributed by atoms with van der Waals surface area (Å²) in [5, 5.41) is 5.07. The molecule has 0 aliphatic rings. The Hall–Kier alpha value is -3.72. The van der Waals surface area contributed by atoms with Gasteiger partial charge in [0.2, 0.25) is 0 Å². The van der Waals surface area contributed by atoms with Crippen LogP contribution in [0.2, 0.25) is 0 Å². The first-order valence-electron chi connectivity index (χ1n) is 9.79. The Morgan fingerprint density at radius 3 is 1.55 bits per heavy atom. The number of hydrogen-bond donors (Lipinski definition) is 0. The van der Waals surface area contributed by atoms with Crippen LogP contribution in [0.4, 0.5) is 0 Å². The largest absolute Gasteiger partial charge is 0.253 e. The Morgan fingerprint density at radius 2 is 1.10 bits per heavy atom. The predicted octanol–water partition coefficient (Wildman–Crippen LogP) is 5.58. The minimum Gasteiger partial charge on any atom is -0.253 e. The first-order chi connectivity index (χ1) is 14.3. The molecular formula is C26H21N3. The van der Waals surface area contributed by atoms with Gasteiger partial charge in [-0.1, -0.05) is 91.0 Å². The van der Waals surface area contributed by atoms with E-state index in [2.05, 4.69) is 108 Å². The molecule has 2 heterocycles. The number of aryl methyl sites for hydroxylation is 1. The molecule has 3 heteroatoms. The van der Waals surface area contributed by atoms with Crippen LogP contribution < -0.4 is 0 Å². The van der Waals surface area contributed by atoms with Gasteiger partial charge < -0.3 is 0 Å². The maximum Gasteiger partial charge on any atom is 0.138 e. The monoisotopic (exact) mass is 375 g/mol. The molecule has 140 valence electrons. The average Bonchev–Trinajstić information content (AvgIpc) is 3.14. The van der Waals surface area contributed by atoms with Crippen molar-refractivity contribution in [3.05, 3.63) is 132 Å². The summed E-state index contributed by atoms with van der Waals surface area (Å²) in [4.78, 5) is 4.61. The lowest BCUT2D eigenvalue weighted by Gasteiger charge is -2.37. The Bertz CT molecular complexity index is 1150. The summed E-state index contributed by atoms with van der Waals surface area (Å²) in [5.41, 5.74) is 5.75. The minimum atomic E-state index is -0.603. The van der Waals surface area contributed by atoms with Gasteiger partial charge in [-0.25, -0.2) is 4.68 Å².